The molecule has 1 heterocycles. The number of methoxy groups -OCH3 is 1. The van der Waals surface area contributed by atoms with Crippen LogP contribution in [0.2, 0.25) is 0 Å². The highest BCUT2D eigenvalue weighted by molar-refractivity contribution is 4.80. The maximum absolute atomic E-state index is 8.68. The van der Waals surface area contributed by atoms with E-state index in [4.69, 9.17) is 9.84 Å². The molecule has 0 aromatic heterocycles. The molecule has 3 nitrogen and oxygen atoms in total. The van der Waals surface area contributed by atoms with Crippen molar-refractivity contribution in [1.82, 2.24) is 5.32 Å². The van der Waals surface area contributed by atoms with Crippen LogP contribution in [0.1, 0.15) is 12.8 Å². The van der Waals surface area contributed by atoms with Crippen LogP contribution in [0.25, 0.3) is 0 Å². The van der Waals surface area contributed by atoms with Crippen LogP contribution in [0.15, 0.2) is 0 Å². The van der Waals surface area contributed by atoms with E-state index in [0.29, 0.717) is 18.6 Å². The maximum atomic E-state index is 8.68. The van der Waals surface area contributed by atoms with E-state index in [1.165, 1.54) is 0 Å². The molecule has 2 N–H and O–H groups in total. The molecule has 11 heavy (non-hydrogen) atoms. The lowest BCUT2D eigenvalue weighted by atomic mass is 10.0. The molecule has 0 saturated carbocycles. The zero-order valence-electron chi connectivity index (χ0n) is 7.05. The zero-order valence-corrected chi connectivity index (χ0v) is 7.05. The molecule has 0 radical (unpaired) electrons. The Morgan fingerprint density at radius 2 is 2.45 bits per heavy atom. The molecule has 1 rings (SSSR count). The first-order valence-electron chi connectivity index (χ1n) is 4.20. The number of nitrogens with one attached hydrogen (secondary N) is 1. The lowest BCUT2D eigenvalue weighted by Crippen LogP contribution is -2.25. The average molecular weight is 159 g/mol. The van der Waals surface area contributed by atoms with Gasteiger partial charge < -0.3 is 15.2 Å². The van der Waals surface area contributed by atoms with E-state index in [9.17, 15) is 0 Å². The molecule has 2 unspecified atom stereocenters. The number of aliphatic hydroxyl groups is 1. The number of ether oxygens (including phenoxy) is 1. The molecule has 2 atom stereocenters. The largest absolute Gasteiger partial charge is 0.396 e. The quantitative estimate of drug-likeness (QED) is 0.606. The second-order valence-corrected chi connectivity index (χ2v) is 3.17. The molecule has 0 bridgehead atoms. The summed E-state index contributed by atoms with van der Waals surface area (Å²) in [7, 11) is 1.72. The van der Waals surface area contributed by atoms with Crippen molar-refractivity contribution >= 4 is 0 Å². The van der Waals surface area contributed by atoms with E-state index < -0.39 is 0 Å². The fourth-order valence-corrected chi connectivity index (χ4v) is 1.63. The minimum absolute atomic E-state index is 0.312. The zero-order chi connectivity index (χ0) is 8.10. The van der Waals surface area contributed by atoms with Crippen molar-refractivity contribution in [2.75, 3.05) is 26.9 Å². The molecule has 0 aromatic carbocycles. The van der Waals surface area contributed by atoms with Crippen LogP contribution in [-0.4, -0.2) is 38.0 Å². The normalized spacial score (nSPS) is 31.1. The molecule has 0 amide bonds. The van der Waals surface area contributed by atoms with E-state index in [1.54, 1.807) is 7.11 Å². The first-order chi connectivity index (χ1) is 5.36. The van der Waals surface area contributed by atoms with Gasteiger partial charge in [-0.05, 0) is 25.3 Å². The van der Waals surface area contributed by atoms with Gasteiger partial charge in [-0.2, -0.15) is 0 Å². The molecule has 0 spiro atoms. The maximum Gasteiger partial charge on any atom is 0.0615 e. The third-order valence-corrected chi connectivity index (χ3v) is 2.22. The molecular formula is C8H17NO2. The number of rotatable bonds is 4. The van der Waals surface area contributed by atoms with Crippen LogP contribution >= 0.6 is 0 Å². The second-order valence-electron chi connectivity index (χ2n) is 3.17. The van der Waals surface area contributed by atoms with Crippen LogP contribution in [0, 0.1) is 5.92 Å². The van der Waals surface area contributed by atoms with Crippen LogP contribution < -0.4 is 5.32 Å². The summed E-state index contributed by atoms with van der Waals surface area (Å²) in [5.74, 6) is 0.653. The van der Waals surface area contributed by atoms with E-state index in [-0.39, 0.29) is 0 Å². The summed E-state index contributed by atoms with van der Waals surface area (Å²) in [6.45, 7) is 2.14. The van der Waals surface area contributed by atoms with Crippen LogP contribution in [0.3, 0.4) is 0 Å². The summed E-state index contributed by atoms with van der Waals surface area (Å²) in [5, 5.41) is 12.0. The summed E-state index contributed by atoms with van der Waals surface area (Å²) >= 11 is 0. The van der Waals surface area contributed by atoms with Crippen molar-refractivity contribution in [3.63, 3.8) is 0 Å². The van der Waals surface area contributed by atoms with Gasteiger partial charge in [0.1, 0.15) is 0 Å². The SMILES string of the molecule is COCC1CC(CCO)CN1. The molecule has 3 heteroatoms. The Morgan fingerprint density at radius 3 is 3.09 bits per heavy atom. The van der Waals surface area contributed by atoms with E-state index in [1.807, 2.05) is 0 Å². The fraction of sp³-hybridized carbons (Fsp3) is 1.00. The lowest BCUT2D eigenvalue weighted by Gasteiger charge is -2.07. The van der Waals surface area contributed by atoms with Gasteiger partial charge in [-0.3, -0.25) is 0 Å². The Morgan fingerprint density at radius 1 is 1.64 bits per heavy atom. The van der Waals surface area contributed by atoms with Gasteiger partial charge in [0.2, 0.25) is 0 Å². The Hall–Kier alpha value is -0.120. The van der Waals surface area contributed by atoms with Gasteiger partial charge in [0.25, 0.3) is 0 Å². The molecule has 0 aliphatic carbocycles. The second kappa shape index (κ2) is 4.70. The van der Waals surface area contributed by atoms with Gasteiger partial charge in [0, 0.05) is 19.8 Å². The number of aliphatic hydroxyl groups excluding tert-OH is 1. The Bertz CT molecular complexity index is 96.3. The fourth-order valence-electron chi connectivity index (χ4n) is 1.63. The van der Waals surface area contributed by atoms with E-state index in [2.05, 4.69) is 5.32 Å². The Kier molecular flexibility index (Phi) is 3.83. The van der Waals surface area contributed by atoms with Gasteiger partial charge >= 0.3 is 0 Å². The highest BCUT2D eigenvalue weighted by Gasteiger charge is 2.22. The third kappa shape index (κ3) is 2.77. The van der Waals surface area contributed by atoms with Gasteiger partial charge in [0.15, 0.2) is 0 Å². The van der Waals surface area contributed by atoms with Gasteiger partial charge in [-0.1, -0.05) is 0 Å². The molecular weight excluding hydrogens is 142 g/mol. The van der Waals surface area contributed by atoms with Crippen LogP contribution in [0.4, 0.5) is 0 Å². The van der Waals surface area contributed by atoms with Crippen LogP contribution in [-0.2, 0) is 4.74 Å². The molecule has 1 aliphatic heterocycles. The number of hydrogen-bond acceptors (Lipinski definition) is 3. The summed E-state index contributed by atoms with van der Waals surface area (Å²) in [6.07, 6.45) is 2.07. The van der Waals surface area contributed by atoms with Crippen LogP contribution in [0.5, 0.6) is 0 Å². The summed E-state index contributed by atoms with van der Waals surface area (Å²) in [5.41, 5.74) is 0. The predicted molar refractivity (Wildman–Crippen MR) is 43.5 cm³/mol. The van der Waals surface area contributed by atoms with E-state index >= 15 is 0 Å². The minimum atomic E-state index is 0.312. The van der Waals surface area contributed by atoms with Crippen molar-refractivity contribution in [3.8, 4) is 0 Å². The Balaban J connectivity index is 2.12. The molecule has 1 fully saturated rings. The molecule has 66 valence electrons. The summed E-state index contributed by atoms with van der Waals surface area (Å²) in [4.78, 5) is 0. The van der Waals surface area contributed by atoms with Crippen molar-refractivity contribution in [2.45, 2.75) is 18.9 Å². The standard InChI is InChI=1S/C8H17NO2/c1-11-6-8-4-7(2-3-10)5-9-8/h7-10H,2-6H2,1H3. The number of hydrogen-bond donors (Lipinski definition) is 2. The monoisotopic (exact) mass is 159 g/mol. The Labute approximate surface area is 67.7 Å². The first-order valence-corrected chi connectivity index (χ1v) is 4.20. The van der Waals surface area contributed by atoms with Gasteiger partial charge in [-0.25, -0.2) is 0 Å². The van der Waals surface area contributed by atoms with Gasteiger partial charge in [-0.15, -0.1) is 0 Å². The topological polar surface area (TPSA) is 41.5 Å². The highest BCUT2D eigenvalue weighted by Crippen LogP contribution is 2.16. The molecule has 1 aliphatic rings. The van der Waals surface area contributed by atoms with E-state index in [0.717, 1.165) is 26.0 Å². The lowest BCUT2D eigenvalue weighted by molar-refractivity contribution is 0.171. The smallest absolute Gasteiger partial charge is 0.0615 e. The minimum Gasteiger partial charge on any atom is -0.396 e. The van der Waals surface area contributed by atoms with Crippen molar-refractivity contribution < 1.29 is 9.84 Å². The highest BCUT2D eigenvalue weighted by atomic mass is 16.5. The van der Waals surface area contributed by atoms with Crippen molar-refractivity contribution in [3.05, 3.63) is 0 Å². The molecule has 0 aromatic rings. The van der Waals surface area contributed by atoms with Gasteiger partial charge in [0.05, 0.1) is 6.61 Å². The van der Waals surface area contributed by atoms with Crippen molar-refractivity contribution in [1.29, 1.82) is 0 Å². The summed E-state index contributed by atoms with van der Waals surface area (Å²) < 4.78 is 5.03. The molecule has 1 saturated heterocycles. The predicted octanol–water partition coefficient (Wildman–Crippen LogP) is -0.00670. The van der Waals surface area contributed by atoms with Crippen molar-refractivity contribution in [2.24, 2.45) is 5.92 Å². The average Bonchev–Trinajstić information content (AvgIpc) is 2.38. The third-order valence-electron chi connectivity index (χ3n) is 2.22. The first kappa shape index (κ1) is 8.97. The summed E-state index contributed by atoms with van der Waals surface area (Å²) in [6, 6.07) is 0.511.